The fourth-order valence-corrected chi connectivity index (χ4v) is 2.17. The van der Waals surface area contributed by atoms with Crippen LogP contribution in [0.25, 0.3) is 0 Å². The van der Waals surface area contributed by atoms with E-state index < -0.39 is 29.5 Å². The molecule has 0 fully saturated rings. The zero-order valence-electron chi connectivity index (χ0n) is 12.9. The highest BCUT2D eigenvalue weighted by molar-refractivity contribution is 5.35. The quantitative estimate of drug-likeness (QED) is 0.764. The molecule has 0 saturated heterocycles. The van der Waals surface area contributed by atoms with Crippen LogP contribution in [0.5, 0.6) is 0 Å². The molecule has 0 spiro atoms. The second kappa shape index (κ2) is 7.45. The third-order valence-electron chi connectivity index (χ3n) is 3.45. The maximum Gasteiger partial charge on any atom is 0.416 e. The predicted molar refractivity (Wildman–Crippen MR) is 79.5 cm³/mol. The standard InChI is InChI=1S/C17H15F6NO/c18-16(19,20)13-6-12(7-14(8-13)17(21,22)23)15(24)10-25-9-11-4-2-1-3-5-11/h1-8,15H,9-10,24H2. The Balaban J connectivity index is 2.16. The van der Waals surface area contributed by atoms with Gasteiger partial charge in [0.2, 0.25) is 0 Å². The Hall–Kier alpha value is -2.06. The molecule has 0 aliphatic heterocycles. The van der Waals surface area contributed by atoms with Gasteiger partial charge in [-0.05, 0) is 29.3 Å². The van der Waals surface area contributed by atoms with Crippen LogP contribution < -0.4 is 5.73 Å². The lowest BCUT2D eigenvalue weighted by molar-refractivity contribution is -0.143. The first-order valence-corrected chi connectivity index (χ1v) is 7.24. The molecule has 136 valence electrons. The molecule has 0 amide bonds. The van der Waals surface area contributed by atoms with Crippen molar-refractivity contribution in [2.75, 3.05) is 6.61 Å². The van der Waals surface area contributed by atoms with E-state index in [9.17, 15) is 26.3 Å². The lowest BCUT2D eigenvalue weighted by Crippen LogP contribution is -2.20. The highest BCUT2D eigenvalue weighted by Crippen LogP contribution is 2.37. The van der Waals surface area contributed by atoms with Crippen LogP contribution in [0, 0.1) is 0 Å². The van der Waals surface area contributed by atoms with Crippen molar-refractivity contribution in [2.24, 2.45) is 5.73 Å². The molecule has 0 heterocycles. The van der Waals surface area contributed by atoms with Crippen LogP contribution in [0.15, 0.2) is 48.5 Å². The minimum absolute atomic E-state index is 0.0705. The van der Waals surface area contributed by atoms with E-state index in [-0.39, 0.29) is 24.8 Å². The monoisotopic (exact) mass is 363 g/mol. The highest BCUT2D eigenvalue weighted by atomic mass is 19.4. The highest BCUT2D eigenvalue weighted by Gasteiger charge is 2.37. The SMILES string of the molecule is NC(COCc1ccccc1)c1cc(C(F)(F)F)cc(C(F)(F)F)c1. The average Bonchev–Trinajstić information content (AvgIpc) is 2.53. The zero-order valence-corrected chi connectivity index (χ0v) is 12.9. The number of benzene rings is 2. The number of hydrogen-bond acceptors (Lipinski definition) is 2. The van der Waals surface area contributed by atoms with Crippen LogP contribution in [0.2, 0.25) is 0 Å². The fraction of sp³-hybridized carbons (Fsp3) is 0.294. The molecule has 2 rings (SSSR count). The van der Waals surface area contributed by atoms with E-state index in [4.69, 9.17) is 10.5 Å². The van der Waals surface area contributed by atoms with Crippen LogP contribution in [0.3, 0.4) is 0 Å². The first-order chi connectivity index (χ1) is 11.6. The molecule has 8 heteroatoms. The van der Waals surface area contributed by atoms with Crippen molar-refractivity contribution < 1.29 is 31.1 Å². The van der Waals surface area contributed by atoms with Crippen LogP contribution in [-0.4, -0.2) is 6.61 Å². The summed E-state index contributed by atoms with van der Waals surface area (Å²) in [7, 11) is 0. The first-order valence-electron chi connectivity index (χ1n) is 7.24. The van der Waals surface area contributed by atoms with Crippen LogP contribution in [-0.2, 0) is 23.7 Å². The number of rotatable bonds is 5. The Morgan fingerprint density at radius 1 is 0.840 bits per heavy atom. The number of alkyl halides is 6. The van der Waals surface area contributed by atoms with Crippen molar-refractivity contribution in [1.82, 2.24) is 0 Å². The molecule has 0 aliphatic rings. The number of nitrogens with two attached hydrogens (primary N) is 1. The third-order valence-corrected chi connectivity index (χ3v) is 3.45. The van der Waals surface area contributed by atoms with E-state index in [1.165, 1.54) is 0 Å². The zero-order chi connectivity index (χ0) is 18.7. The molecule has 2 aromatic rings. The number of ether oxygens (including phenoxy) is 1. The Morgan fingerprint density at radius 3 is 1.84 bits per heavy atom. The van der Waals surface area contributed by atoms with Gasteiger partial charge in [0.05, 0.1) is 30.4 Å². The summed E-state index contributed by atoms with van der Waals surface area (Å²) in [5.74, 6) is 0. The molecule has 25 heavy (non-hydrogen) atoms. The van der Waals surface area contributed by atoms with Gasteiger partial charge in [-0.25, -0.2) is 0 Å². The topological polar surface area (TPSA) is 35.2 Å². The molecule has 2 nitrogen and oxygen atoms in total. The maximum absolute atomic E-state index is 12.8. The van der Waals surface area contributed by atoms with Crippen molar-refractivity contribution in [3.63, 3.8) is 0 Å². The molecule has 2 aromatic carbocycles. The van der Waals surface area contributed by atoms with Crippen molar-refractivity contribution >= 4 is 0 Å². The number of halogens is 6. The maximum atomic E-state index is 12.8. The fourth-order valence-electron chi connectivity index (χ4n) is 2.17. The molecule has 0 aromatic heterocycles. The van der Waals surface area contributed by atoms with Crippen LogP contribution in [0.4, 0.5) is 26.3 Å². The van der Waals surface area contributed by atoms with Gasteiger partial charge in [0.25, 0.3) is 0 Å². The summed E-state index contributed by atoms with van der Waals surface area (Å²) in [4.78, 5) is 0. The molecule has 0 radical (unpaired) electrons. The average molecular weight is 363 g/mol. The molecular formula is C17H15F6NO. The van der Waals surface area contributed by atoms with Crippen LogP contribution in [0.1, 0.15) is 28.3 Å². The number of hydrogen-bond donors (Lipinski definition) is 1. The van der Waals surface area contributed by atoms with Gasteiger partial charge in [0.1, 0.15) is 0 Å². The summed E-state index contributed by atoms with van der Waals surface area (Å²) in [6.07, 6.45) is -9.80. The van der Waals surface area contributed by atoms with Gasteiger partial charge in [-0.1, -0.05) is 30.3 Å². The molecule has 0 aliphatic carbocycles. The summed E-state index contributed by atoms with van der Waals surface area (Å²) in [6.45, 7) is -0.0624. The van der Waals surface area contributed by atoms with Gasteiger partial charge >= 0.3 is 12.4 Å². The Kier molecular flexibility index (Phi) is 5.74. The molecule has 0 bridgehead atoms. The smallest absolute Gasteiger partial charge is 0.375 e. The van der Waals surface area contributed by atoms with E-state index >= 15 is 0 Å². The van der Waals surface area contributed by atoms with E-state index in [2.05, 4.69) is 0 Å². The Labute approximate surface area is 140 Å². The van der Waals surface area contributed by atoms with Crippen molar-refractivity contribution in [1.29, 1.82) is 0 Å². The van der Waals surface area contributed by atoms with Gasteiger partial charge in [-0.3, -0.25) is 0 Å². The second-order valence-electron chi connectivity index (χ2n) is 5.45. The lowest BCUT2D eigenvalue weighted by Gasteiger charge is -2.18. The second-order valence-corrected chi connectivity index (χ2v) is 5.45. The minimum Gasteiger partial charge on any atom is -0.375 e. The molecule has 1 atom stereocenters. The first kappa shape index (κ1) is 19.3. The molecule has 2 N–H and O–H groups in total. The minimum atomic E-state index is -4.90. The van der Waals surface area contributed by atoms with Crippen LogP contribution >= 0.6 is 0 Å². The molecule has 1 unspecified atom stereocenters. The van der Waals surface area contributed by atoms with Gasteiger partial charge < -0.3 is 10.5 Å². The molecular weight excluding hydrogens is 348 g/mol. The summed E-state index contributed by atoms with van der Waals surface area (Å²) in [6, 6.07) is 9.10. The van der Waals surface area contributed by atoms with E-state index in [1.807, 2.05) is 0 Å². The summed E-state index contributed by atoms with van der Waals surface area (Å²) in [5.41, 5.74) is 3.47. The summed E-state index contributed by atoms with van der Waals surface area (Å²) >= 11 is 0. The summed E-state index contributed by atoms with van der Waals surface area (Å²) < 4.78 is 82.3. The van der Waals surface area contributed by atoms with Crippen molar-refractivity contribution in [3.8, 4) is 0 Å². The van der Waals surface area contributed by atoms with Gasteiger partial charge in [-0.2, -0.15) is 26.3 Å². The van der Waals surface area contributed by atoms with Gasteiger partial charge in [0, 0.05) is 0 Å². The van der Waals surface area contributed by atoms with E-state index in [1.54, 1.807) is 30.3 Å². The largest absolute Gasteiger partial charge is 0.416 e. The molecule has 0 saturated carbocycles. The van der Waals surface area contributed by atoms with E-state index in [0.717, 1.165) is 5.56 Å². The normalized spacial score (nSPS) is 13.7. The lowest BCUT2D eigenvalue weighted by atomic mass is 10.0. The van der Waals surface area contributed by atoms with Crippen molar-refractivity contribution in [2.45, 2.75) is 25.0 Å². The summed E-state index contributed by atoms with van der Waals surface area (Å²) in [5, 5.41) is 0. The third kappa shape index (κ3) is 5.47. The van der Waals surface area contributed by atoms with Gasteiger partial charge in [0.15, 0.2) is 0 Å². The Morgan fingerprint density at radius 2 is 1.36 bits per heavy atom. The van der Waals surface area contributed by atoms with E-state index in [0.29, 0.717) is 12.1 Å². The predicted octanol–water partition coefficient (Wildman–Crippen LogP) is 4.94. The van der Waals surface area contributed by atoms with Gasteiger partial charge in [-0.15, -0.1) is 0 Å². The Bertz CT molecular complexity index is 664. The van der Waals surface area contributed by atoms with Crippen molar-refractivity contribution in [3.05, 3.63) is 70.8 Å².